The van der Waals surface area contributed by atoms with E-state index in [4.69, 9.17) is 0 Å². The van der Waals surface area contributed by atoms with Crippen LogP contribution in [-0.4, -0.2) is 30.1 Å². The third kappa shape index (κ3) is 5.84. The summed E-state index contributed by atoms with van der Waals surface area (Å²) < 4.78 is 4.59. The topological polar surface area (TPSA) is 63.6 Å². The van der Waals surface area contributed by atoms with E-state index in [9.17, 15) is 14.7 Å². The summed E-state index contributed by atoms with van der Waals surface area (Å²) in [6.07, 6.45) is 5.05. The summed E-state index contributed by atoms with van der Waals surface area (Å²) in [5.74, 6) is -0.0937. The van der Waals surface area contributed by atoms with Gasteiger partial charge in [-0.05, 0) is 43.8 Å². The highest BCUT2D eigenvalue weighted by atomic mass is 16.5. The summed E-state index contributed by atoms with van der Waals surface area (Å²) in [4.78, 5) is 22.9. The molecule has 0 radical (unpaired) electrons. The van der Waals surface area contributed by atoms with Gasteiger partial charge in [-0.15, -0.1) is 0 Å². The van der Waals surface area contributed by atoms with E-state index in [1.54, 1.807) is 0 Å². The second-order valence-corrected chi connectivity index (χ2v) is 5.77. The largest absolute Gasteiger partial charge is 0.469 e. The molecule has 0 amide bonds. The lowest BCUT2D eigenvalue weighted by Gasteiger charge is -2.09. The fourth-order valence-electron chi connectivity index (χ4n) is 2.68. The maximum absolute atomic E-state index is 11.9. The predicted octanol–water partition coefficient (Wildman–Crippen LogP) is 3.10. The van der Waals surface area contributed by atoms with Crippen molar-refractivity contribution in [2.45, 2.75) is 64.4 Å². The van der Waals surface area contributed by atoms with Gasteiger partial charge in [0.2, 0.25) is 0 Å². The number of ketones is 1. The monoisotopic (exact) mass is 294 g/mol. The Morgan fingerprint density at radius 3 is 2.62 bits per heavy atom. The molecule has 1 atom stereocenters. The van der Waals surface area contributed by atoms with Gasteiger partial charge in [-0.2, -0.15) is 0 Å². The highest BCUT2D eigenvalue weighted by Gasteiger charge is 2.29. The normalized spacial score (nSPS) is 18.2. The molecule has 1 rings (SSSR count). The van der Waals surface area contributed by atoms with E-state index in [0.717, 1.165) is 48.8 Å². The molecule has 0 fully saturated rings. The number of carbonyl (C=O) groups excluding carboxylic acids is 2. The van der Waals surface area contributed by atoms with Crippen molar-refractivity contribution < 1.29 is 19.4 Å². The van der Waals surface area contributed by atoms with Crippen molar-refractivity contribution in [2.75, 3.05) is 7.11 Å². The highest BCUT2D eigenvalue weighted by molar-refractivity contribution is 5.99. The molecular weight excluding hydrogens is 268 g/mol. The van der Waals surface area contributed by atoms with E-state index in [2.05, 4.69) is 11.3 Å². The van der Waals surface area contributed by atoms with Crippen LogP contribution in [0.15, 0.2) is 23.3 Å². The maximum Gasteiger partial charge on any atom is 0.305 e. The fourth-order valence-corrected chi connectivity index (χ4v) is 2.68. The van der Waals surface area contributed by atoms with Crippen LogP contribution < -0.4 is 0 Å². The van der Waals surface area contributed by atoms with Crippen LogP contribution in [0.2, 0.25) is 0 Å². The molecule has 0 aromatic rings. The summed E-state index contributed by atoms with van der Waals surface area (Å²) in [5, 5.41) is 9.94. The number of ether oxygens (including phenoxy) is 1. The molecule has 118 valence electrons. The number of methoxy groups -OCH3 is 1. The van der Waals surface area contributed by atoms with Crippen molar-refractivity contribution in [3.8, 4) is 0 Å². The first-order valence-electron chi connectivity index (χ1n) is 7.60. The molecule has 1 unspecified atom stereocenters. The van der Waals surface area contributed by atoms with Gasteiger partial charge in [0.15, 0.2) is 5.78 Å². The Hall–Kier alpha value is -1.42. The van der Waals surface area contributed by atoms with Crippen molar-refractivity contribution >= 4 is 11.8 Å². The van der Waals surface area contributed by atoms with Gasteiger partial charge in [0, 0.05) is 12.8 Å². The second-order valence-electron chi connectivity index (χ2n) is 5.77. The first-order chi connectivity index (χ1) is 9.95. The molecule has 4 nitrogen and oxygen atoms in total. The van der Waals surface area contributed by atoms with Crippen molar-refractivity contribution in [1.82, 2.24) is 0 Å². The van der Waals surface area contributed by atoms with Gasteiger partial charge in [-0.25, -0.2) is 0 Å². The molecule has 1 aliphatic carbocycles. The number of aliphatic hydroxyl groups excluding tert-OH is 1. The first kappa shape index (κ1) is 17.6. The van der Waals surface area contributed by atoms with Crippen LogP contribution in [0.3, 0.4) is 0 Å². The van der Waals surface area contributed by atoms with Gasteiger partial charge in [0.05, 0.1) is 13.2 Å². The number of hydrogen-bond acceptors (Lipinski definition) is 4. The molecule has 1 N–H and O–H groups in total. The SMILES string of the molecule is C=C(C)CC1=C(CCCCCCC(=O)OC)C(=O)CC1O. The number of Topliss-reactive ketones (excluding diaryl/α,β-unsaturated/α-hetero) is 1. The van der Waals surface area contributed by atoms with Crippen LogP contribution in [0, 0.1) is 0 Å². The summed E-state index contributed by atoms with van der Waals surface area (Å²) in [7, 11) is 1.40. The predicted molar refractivity (Wildman–Crippen MR) is 81.8 cm³/mol. The zero-order valence-corrected chi connectivity index (χ0v) is 13.1. The third-order valence-corrected chi connectivity index (χ3v) is 3.78. The van der Waals surface area contributed by atoms with E-state index in [-0.39, 0.29) is 18.2 Å². The van der Waals surface area contributed by atoms with Crippen LogP contribution in [0.1, 0.15) is 58.3 Å². The molecule has 0 aliphatic heterocycles. The number of carbonyl (C=O) groups is 2. The lowest BCUT2D eigenvalue weighted by Crippen LogP contribution is -2.06. The van der Waals surface area contributed by atoms with E-state index in [1.807, 2.05) is 6.92 Å². The Labute approximate surface area is 126 Å². The van der Waals surface area contributed by atoms with Gasteiger partial charge in [-0.3, -0.25) is 9.59 Å². The van der Waals surface area contributed by atoms with Gasteiger partial charge >= 0.3 is 5.97 Å². The standard InChI is InChI=1S/C17H26O4/c1-12(2)10-14-13(15(18)11-16(14)19)8-6-4-5-7-9-17(20)21-3/h16,19H,1,4-11H2,2-3H3. The van der Waals surface area contributed by atoms with Gasteiger partial charge < -0.3 is 9.84 Å². The molecule has 4 heteroatoms. The zero-order chi connectivity index (χ0) is 15.8. The summed E-state index contributed by atoms with van der Waals surface area (Å²) in [6.45, 7) is 5.77. The van der Waals surface area contributed by atoms with E-state index < -0.39 is 6.10 Å². The molecule has 1 aliphatic rings. The summed E-state index contributed by atoms with van der Waals surface area (Å²) in [6, 6.07) is 0. The van der Waals surface area contributed by atoms with Crippen LogP contribution in [0.4, 0.5) is 0 Å². The average Bonchev–Trinajstić information content (AvgIpc) is 2.68. The van der Waals surface area contributed by atoms with Crippen molar-refractivity contribution in [3.63, 3.8) is 0 Å². The molecule has 0 saturated heterocycles. The van der Waals surface area contributed by atoms with Crippen molar-refractivity contribution in [1.29, 1.82) is 0 Å². The minimum Gasteiger partial charge on any atom is -0.469 e. The number of aliphatic hydroxyl groups is 1. The number of esters is 1. The van der Waals surface area contributed by atoms with E-state index in [1.165, 1.54) is 7.11 Å². The first-order valence-corrected chi connectivity index (χ1v) is 7.60. The molecular formula is C17H26O4. The van der Waals surface area contributed by atoms with Gasteiger partial charge in [0.25, 0.3) is 0 Å². The number of hydrogen-bond donors (Lipinski definition) is 1. The number of rotatable bonds is 9. The van der Waals surface area contributed by atoms with Crippen molar-refractivity contribution in [3.05, 3.63) is 23.3 Å². The Balaban J connectivity index is 2.37. The molecule has 0 spiro atoms. The smallest absolute Gasteiger partial charge is 0.305 e. The minimum absolute atomic E-state index is 0.0771. The second kappa shape index (κ2) is 8.78. The number of unbranched alkanes of at least 4 members (excludes halogenated alkanes) is 3. The van der Waals surface area contributed by atoms with E-state index in [0.29, 0.717) is 12.8 Å². The molecule has 0 bridgehead atoms. The highest BCUT2D eigenvalue weighted by Crippen LogP contribution is 2.31. The number of allylic oxidation sites excluding steroid dienone is 2. The lowest BCUT2D eigenvalue weighted by molar-refractivity contribution is -0.140. The summed E-state index contributed by atoms with van der Waals surface area (Å²) >= 11 is 0. The van der Waals surface area contributed by atoms with Crippen molar-refractivity contribution in [2.24, 2.45) is 0 Å². The lowest BCUT2D eigenvalue weighted by atomic mass is 9.98. The molecule has 21 heavy (non-hydrogen) atoms. The van der Waals surface area contributed by atoms with Crippen LogP contribution in [-0.2, 0) is 14.3 Å². The van der Waals surface area contributed by atoms with Gasteiger partial charge in [-0.1, -0.05) is 25.0 Å². The Kier molecular flexibility index (Phi) is 7.37. The molecule has 0 aromatic carbocycles. The summed E-state index contributed by atoms with van der Waals surface area (Å²) in [5.41, 5.74) is 2.63. The maximum atomic E-state index is 11.9. The Morgan fingerprint density at radius 1 is 1.33 bits per heavy atom. The van der Waals surface area contributed by atoms with Crippen LogP contribution >= 0.6 is 0 Å². The minimum atomic E-state index is -0.622. The quantitative estimate of drug-likeness (QED) is 0.403. The van der Waals surface area contributed by atoms with E-state index >= 15 is 0 Å². The van der Waals surface area contributed by atoms with Crippen LogP contribution in [0.25, 0.3) is 0 Å². The molecule has 0 heterocycles. The molecule has 0 saturated carbocycles. The van der Waals surface area contributed by atoms with Crippen LogP contribution in [0.5, 0.6) is 0 Å². The third-order valence-electron chi connectivity index (χ3n) is 3.78. The zero-order valence-electron chi connectivity index (χ0n) is 13.1. The Bertz CT molecular complexity index is 434. The average molecular weight is 294 g/mol. The molecule has 0 aromatic heterocycles. The van der Waals surface area contributed by atoms with Gasteiger partial charge in [0.1, 0.15) is 0 Å². The Morgan fingerprint density at radius 2 is 2.00 bits per heavy atom. The fraction of sp³-hybridized carbons (Fsp3) is 0.647.